The zero-order chi connectivity index (χ0) is 8.59. The van der Waals surface area contributed by atoms with E-state index in [2.05, 4.69) is 0 Å². The van der Waals surface area contributed by atoms with Crippen LogP contribution in [0, 0.1) is 11.8 Å². The molecule has 0 radical (unpaired) electrons. The van der Waals surface area contributed by atoms with E-state index in [1.807, 2.05) is 13.8 Å². The molecule has 1 fully saturated rings. The lowest BCUT2D eigenvalue weighted by atomic mass is 9.86. The number of aliphatic hydroxyl groups excluding tert-OH is 1. The molecule has 0 aromatic rings. The van der Waals surface area contributed by atoms with Gasteiger partial charge in [0.25, 0.3) is 0 Å². The third kappa shape index (κ3) is 1.38. The van der Waals surface area contributed by atoms with E-state index in [-0.39, 0.29) is 23.9 Å². The van der Waals surface area contributed by atoms with Crippen molar-refractivity contribution < 1.29 is 14.6 Å². The van der Waals surface area contributed by atoms with Crippen molar-refractivity contribution in [2.45, 2.75) is 33.0 Å². The molecular weight excluding hydrogens is 144 g/mol. The largest absolute Gasteiger partial charge is 0.461 e. The van der Waals surface area contributed by atoms with Crippen molar-refractivity contribution in [2.24, 2.45) is 11.8 Å². The molecule has 64 valence electrons. The van der Waals surface area contributed by atoms with Crippen molar-refractivity contribution in [3.05, 3.63) is 0 Å². The van der Waals surface area contributed by atoms with E-state index in [4.69, 9.17) is 9.84 Å². The Morgan fingerprint density at radius 3 is 2.36 bits per heavy atom. The second-order valence-corrected chi connectivity index (χ2v) is 3.29. The van der Waals surface area contributed by atoms with Gasteiger partial charge in [0.15, 0.2) is 0 Å². The Morgan fingerprint density at radius 2 is 2.09 bits per heavy atom. The summed E-state index contributed by atoms with van der Waals surface area (Å²) in [5, 5.41) is 9.17. The summed E-state index contributed by atoms with van der Waals surface area (Å²) in [5.74, 6) is -0.148. The molecule has 1 aliphatic rings. The van der Waals surface area contributed by atoms with Crippen LogP contribution in [0.3, 0.4) is 0 Å². The number of cyclic esters (lactones) is 1. The smallest absolute Gasteiger partial charge is 0.312 e. The zero-order valence-corrected chi connectivity index (χ0v) is 7.07. The molecule has 0 aliphatic carbocycles. The van der Waals surface area contributed by atoms with Crippen LogP contribution in [0.15, 0.2) is 0 Å². The molecule has 1 heterocycles. The molecule has 1 unspecified atom stereocenters. The molecule has 1 rings (SSSR count). The summed E-state index contributed by atoms with van der Waals surface area (Å²) in [5.41, 5.74) is 0. The molecule has 1 saturated heterocycles. The summed E-state index contributed by atoms with van der Waals surface area (Å²) in [6.07, 6.45) is -0.488. The lowest BCUT2D eigenvalue weighted by Gasteiger charge is -2.37. The number of carbonyl (C=O) groups is 1. The number of esters is 1. The van der Waals surface area contributed by atoms with Gasteiger partial charge in [0, 0.05) is 5.92 Å². The van der Waals surface area contributed by atoms with Gasteiger partial charge in [-0.3, -0.25) is 4.79 Å². The first-order valence-corrected chi connectivity index (χ1v) is 3.92. The second kappa shape index (κ2) is 2.81. The monoisotopic (exact) mass is 158 g/mol. The van der Waals surface area contributed by atoms with Crippen LogP contribution in [0.4, 0.5) is 0 Å². The topological polar surface area (TPSA) is 46.5 Å². The molecule has 1 aliphatic heterocycles. The van der Waals surface area contributed by atoms with E-state index < -0.39 is 6.10 Å². The summed E-state index contributed by atoms with van der Waals surface area (Å²) in [7, 11) is 0. The highest BCUT2D eigenvalue weighted by Gasteiger charge is 2.43. The van der Waals surface area contributed by atoms with E-state index >= 15 is 0 Å². The third-order valence-corrected chi connectivity index (χ3v) is 2.40. The molecule has 3 nitrogen and oxygen atoms in total. The van der Waals surface area contributed by atoms with Crippen LogP contribution < -0.4 is 0 Å². The fourth-order valence-electron chi connectivity index (χ4n) is 1.24. The first kappa shape index (κ1) is 8.53. The van der Waals surface area contributed by atoms with Gasteiger partial charge >= 0.3 is 5.97 Å². The van der Waals surface area contributed by atoms with Crippen molar-refractivity contribution in [1.82, 2.24) is 0 Å². The maximum absolute atomic E-state index is 10.7. The summed E-state index contributed by atoms with van der Waals surface area (Å²) in [6, 6.07) is 0. The number of aliphatic hydroxyl groups is 1. The van der Waals surface area contributed by atoms with Crippen LogP contribution in [-0.4, -0.2) is 23.3 Å². The molecule has 0 bridgehead atoms. The van der Waals surface area contributed by atoms with Crippen molar-refractivity contribution >= 4 is 5.97 Å². The fourth-order valence-corrected chi connectivity index (χ4v) is 1.24. The maximum Gasteiger partial charge on any atom is 0.312 e. The van der Waals surface area contributed by atoms with Gasteiger partial charge in [0.2, 0.25) is 0 Å². The van der Waals surface area contributed by atoms with Gasteiger partial charge in [0.1, 0.15) is 6.10 Å². The molecule has 11 heavy (non-hydrogen) atoms. The molecule has 4 atom stereocenters. The Balaban J connectivity index is 2.45. The highest BCUT2D eigenvalue weighted by molar-refractivity contribution is 5.78. The number of hydrogen-bond acceptors (Lipinski definition) is 3. The average molecular weight is 158 g/mol. The first-order valence-electron chi connectivity index (χ1n) is 3.92. The van der Waals surface area contributed by atoms with Gasteiger partial charge in [0.05, 0.1) is 12.0 Å². The van der Waals surface area contributed by atoms with Crippen molar-refractivity contribution in [2.75, 3.05) is 0 Å². The Kier molecular flexibility index (Phi) is 2.18. The van der Waals surface area contributed by atoms with Crippen LogP contribution in [0.5, 0.6) is 0 Å². The van der Waals surface area contributed by atoms with E-state index in [1.54, 1.807) is 6.92 Å². The van der Waals surface area contributed by atoms with Crippen LogP contribution in [0.2, 0.25) is 0 Å². The standard InChI is InChI=1S/C8H14O3/c1-4(6(3)9)7-5(2)8(10)11-7/h4-7,9H,1-3H3/t4-,5-,6-,7?/m1/s1. The lowest BCUT2D eigenvalue weighted by molar-refractivity contribution is -0.192. The molecule has 0 spiro atoms. The fraction of sp³-hybridized carbons (Fsp3) is 0.875. The SMILES string of the molecule is C[C@H]1C(=O)OC1[C@H](C)[C@@H](C)O. The second-order valence-electron chi connectivity index (χ2n) is 3.29. The molecule has 0 amide bonds. The summed E-state index contributed by atoms with van der Waals surface area (Å²) in [4.78, 5) is 10.7. The van der Waals surface area contributed by atoms with Crippen molar-refractivity contribution in [3.8, 4) is 0 Å². The molecular formula is C8H14O3. The quantitative estimate of drug-likeness (QED) is 0.597. The zero-order valence-electron chi connectivity index (χ0n) is 7.07. The van der Waals surface area contributed by atoms with Crippen molar-refractivity contribution in [1.29, 1.82) is 0 Å². The summed E-state index contributed by atoms with van der Waals surface area (Å²) < 4.78 is 4.88. The van der Waals surface area contributed by atoms with E-state index in [9.17, 15) is 4.79 Å². The van der Waals surface area contributed by atoms with Crippen LogP contribution >= 0.6 is 0 Å². The maximum atomic E-state index is 10.7. The van der Waals surface area contributed by atoms with Crippen LogP contribution in [-0.2, 0) is 9.53 Å². The Bertz CT molecular complexity index is 165. The van der Waals surface area contributed by atoms with Gasteiger partial charge < -0.3 is 9.84 Å². The Labute approximate surface area is 66.4 Å². The molecule has 0 aromatic heterocycles. The number of rotatable bonds is 2. The normalized spacial score (nSPS) is 35.5. The molecule has 0 saturated carbocycles. The number of ether oxygens (including phenoxy) is 1. The van der Waals surface area contributed by atoms with E-state index in [0.29, 0.717) is 0 Å². The molecule has 3 heteroatoms. The minimum absolute atomic E-state index is 0.0420. The average Bonchev–Trinajstić information content (AvgIpc) is 1.98. The molecule has 0 aromatic carbocycles. The first-order chi connectivity index (χ1) is 5.04. The Morgan fingerprint density at radius 1 is 1.55 bits per heavy atom. The number of carbonyl (C=O) groups excluding carboxylic acids is 1. The highest BCUT2D eigenvalue weighted by Crippen LogP contribution is 2.29. The minimum atomic E-state index is -0.407. The van der Waals surface area contributed by atoms with E-state index in [0.717, 1.165) is 0 Å². The number of hydrogen-bond donors (Lipinski definition) is 1. The Hall–Kier alpha value is -0.570. The van der Waals surface area contributed by atoms with Gasteiger partial charge in [-0.1, -0.05) is 6.92 Å². The summed E-state index contributed by atoms with van der Waals surface area (Å²) in [6.45, 7) is 5.43. The lowest BCUT2D eigenvalue weighted by Crippen LogP contribution is -2.49. The molecule has 1 N–H and O–H groups in total. The predicted molar refractivity (Wildman–Crippen MR) is 39.9 cm³/mol. The van der Waals surface area contributed by atoms with Crippen LogP contribution in [0.25, 0.3) is 0 Å². The van der Waals surface area contributed by atoms with Gasteiger partial charge in [-0.2, -0.15) is 0 Å². The van der Waals surface area contributed by atoms with Gasteiger partial charge in [-0.15, -0.1) is 0 Å². The third-order valence-electron chi connectivity index (χ3n) is 2.40. The minimum Gasteiger partial charge on any atom is -0.461 e. The van der Waals surface area contributed by atoms with Gasteiger partial charge in [-0.05, 0) is 13.8 Å². The predicted octanol–water partition coefficient (Wildman–Crippen LogP) is 0.565. The van der Waals surface area contributed by atoms with E-state index in [1.165, 1.54) is 0 Å². The summed E-state index contributed by atoms with van der Waals surface area (Å²) >= 11 is 0. The van der Waals surface area contributed by atoms with Crippen molar-refractivity contribution in [3.63, 3.8) is 0 Å². The van der Waals surface area contributed by atoms with Crippen LogP contribution in [0.1, 0.15) is 20.8 Å². The van der Waals surface area contributed by atoms with Gasteiger partial charge in [-0.25, -0.2) is 0 Å². The highest BCUT2D eigenvalue weighted by atomic mass is 16.6.